The van der Waals surface area contributed by atoms with E-state index >= 15 is 0 Å². The molecule has 0 unspecified atom stereocenters. The maximum atomic E-state index is 14.0. The van der Waals surface area contributed by atoms with E-state index in [1.165, 1.54) is 12.1 Å². The normalized spacial score (nSPS) is 20.7. The third-order valence-electron chi connectivity index (χ3n) is 3.68. The van der Waals surface area contributed by atoms with Gasteiger partial charge in [0.05, 0.1) is 0 Å². The Morgan fingerprint density at radius 3 is 2.35 bits per heavy atom. The van der Waals surface area contributed by atoms with Crippen LogP contribution in [0.15, 0.2) is 48.5 Å². The first-order valence-electron chi connectivity index (χ1n) is 6.38. The first kappa shape index (κ1) is 13.2. The van der Waals surface area contributed by atoms with Crippen molar-refractivity contribution in [2.75, 3.05) is 0 Å². The highest BCUT2D eigenvalue weighted by molar-refractivity contribution is 5.95. The lowest BCUT2D eigenvalue weighted by Crippen LogP contribution is -2.43. The number of halogens is 4. The fraction of sp³-hybridized carbons (Fsp3) is 0.250. The van der Waals surface area contributed by atoms with Gasteiger partial charge in [0.25, 0.3) is 0 Å². The summed E-state index contributed by atoms with van der Waals surface area (Å²) < 4.78 is 55.1. The number of benzene rings is 2. The van der Waals surface area contributed by atoms with Crippen molar-refractivity contribution >= 4 is 16.3 Å². The van der Waals surface area contributed by atoms with Gasteiger partial charge in [0.15, 0.2) is 0 Å². The zero-order valence-electron chi connectivity index (χ0n) is 10.5. The lowest BCUT2D eigenvalue weighted by Gasteiger charge is -2.32. The maximum Gasteiger partial charge on any atom is 0.335 e. The molecule has 0 atom stereocenters. The van der Waals surface area contributed by atoms with Gasteiger partial charge in [-0.3, -0.25) is 0 Å². The molecule has 0 saturated heterocycles. The van der Waals surface area contributed by atoms with Gasteiger partial charge in [-0.25, -0.2) is 0 Å². The Morgan fingerprint density at radius 1 is 0.850 bits per heavy atom. The maximum absolute atomic E-state index is 14.0. The fourth-order valence-electron chi connectivity index (χ4n) is 2.62. The molecule has 0 heterocycles. The average Bonchev–Trinajstić information content (AvgIpc) is 2.41. The molecule has 1 aliphatic rings. The topological polar surface area (TPSA) is 0 Å². The van der Waals surface area contributed by atoms with Gasteiger partial charge in [0, 0.05) is 12.0 Å². The van der Waals surface area contributed by atoms with Crippen LogP contribution in [-0.2, 0) is 0 Å². The van der Waals surface area contributed by atoms with Crippen LogP contribution in [0.3, 0.4) is 0 Å². The Bertz CT molecular complexity index is 680. The molecule has 0 radical (unpaired) electrons. The predicted molar refractivity (Wildman–Crippen MR) is 71.1 cm³/mol. The summed E-state index contributed by atoms with van der Waals surface area (Å²) in [6.45, 7) is 0. The highest BCUT2D eigenvalue weighted by Gasteiger charge is 2.59. The zero-order chi connectivity index (χ0) is 14.4. The molecule has 0 saturated carbocycles. The van der Waals surface area contributed by atoms with Crippen LogP contribution in [-0.4, -0.2) is 11.8 Å². The number of hydrogen-bond acceptors (Lipinski definition) is 0. The molecule has 3 rings (SSSR count). The minimum Gasteiger partial charge on any atom is -0.199 e. The molecular formula is C16H12F4. The van der Waals surface area contributed by atoms with Gasteiger partial charge in [0.2, 0.25) is 0 Å². The van der Waals surface area contributed by atoms with Crippen molar-refractivity contribution in [1.82, 2.24) is 0 Å². The van der Waals surface area contributed by atoms with Crippen LogP contribution in [0.5, 0.6) is 0 Å². The molecule has 0 nitrogen and oxygen atoms in total. The Kier molecular flexibility index (Phi) is 2.85. The van der Waals surface area contributed by atoms with Gasteiger partial charge in [-0.1, -0.05) is 48.5 Å². The van der Waals surface area contributed by atoms with Gasteiger partial charge < -0.3 is 0 Å². The summed E-state index contributed by atoms with van der Waals surface area (Å²) in [7, 11) is 0. The van der Waals surface area contributed by atoms with Crippen molar-refractivity contribution < 1.29 is 17.6 Å². The van der Waals surface area contributed by atoms with E-state index in [4.69, 9.17) is 0 Å². The van der Waals surface area contributed by atoms with Crippen molar-refractivity contribution in [3.63, 3.8) is 0 Å². The molecule has 104 valence electrons. The van der Waals surface area contributed by atoms with Crippen LogP contribution in [0.1, 0.15) is 18.4 Å². The first-order valence-corrected chi connectivity index (χ1v) is 6.38. The number of alkyl halides is 4. The van der Waals surface area contributed by atoms with E-state index in [0.29, 0.717) is 5.39 Å². The zero-order valence-corrected chi connectivity index (χ0v) is 10.5. The predicted octanol–water partition coefficient (Wildman–Crippen LogP) is 5.29. The lowest BCUT2D eigenvalue weighted by atomic mass is 9.85. The summed E-state index contributed by atoms with van der Waals surface area (Å²) in [5, 5.41) is 1.33. The largest absolute Gasteiger partial charge is 0.335 e. The molecule has 0 fully saturated rings. The summed E-state index contributed by atoms with van der Waals surface area (Å²) in [5.41, 5.74) is -0.377. The molecular weight excluding hydrogens is 268 g/mol. The van der Waals surface area contributed by atoms with Gasteiger partial charge in [-0.2, -0.15) is 17.6 Å². The highest BCUT2D eigenvalue weighted by atomic mass is 19.3. The minimum atomic E-state index is -4.13. The summed E-state index contributed by atoms with van der Waals surface area (Å²) >= 11 is 0. The number of hydrogen-bond donors (Lipinski definition) is 0. The summed E-state index contributed by atoms with van der Waals surface area (Å²) in [5.74, 6) is -8.12. The van der Waals surface area contributed by atoms with Gasteiger partial charge in [-0.15, -0.1) is 0 Å². The Balaban J connectivity index is 2.23. The van der Waals surface area contributed by atoms with E-state index in [9.17, 15) is 17.6 Å². The standard InChI is InChI=1S/C16H12F4/c17-15(18)10-4-9-14(16(15,19)20)13-8-3-6-11-5-1-2-7-12(11)13/h1-3,5-9H,4,10H2. The number of fused-ring (bicyclic) bond motifs is 1. The Morgan fingerprint density at radius 2 is 1.55 bits per heavy atom. The Hall–Kier alpha value is -1.84. The van der Waals surface area contributed by atoms with Crippen molar-refractivity contribution in [2.24, 2.45) is 0 Å². The lowest BCUT2D eigenvalue weighted by molar-refractivity contribution is -0.179. The van der Waals surface area contributed by atoms with Gasteiger partial charge >= 0.3 is 11.8 Å². The molecule has 0 amide bonds. The Labute approximate surface area is 113 Å². The molecule has 2 aromatic rings. The van der Waals surface area contributed by atoms with Crippen LogP contribution >= 0.6 is 0 Å². The van der Waals surface area contributed by atoms with Gasteiger partial charge in [-0.05, 0) is 22.8 Å². The summed E-state index contributed by atoms with van der Waals surface area (Å²) in [6.07, 6.45) is 0.384. The second kappa shape index (κ2) is 4.33. The molecule has 0 N–H and O–H groups in total. The molecule has 0 aromatic heterocycles. The highest BCUT2D eigenvalue weighted by Crippen LogP contribution is 2.50. The van der Waals surface area contributed by atoms with E-state index in [1.54, 1.807) is 36.4 Å². The SMILES string of the molecule is FC1(F)CCC=C(c2cccc3ccccc23)C1(F)F. The molecule has 2 aromatic carbocycles. The van der Waals surface area contributed by atoms with Crippen molar-refractivity contribution in [3.05, 3.63) is 54.1 Å². The monoisotopic (exact) mass is 280 g/mol. The van der Waals surface area contributed by atoms with E-state index < -0.39 is 23.8 Å². The van der Waals surface area contributed by atoms with Crippen LogP contribution in [0.25, 0.3) is 16.3 Å². The fourth-order valence-corrected chi connectivity index (χ4v) is 2.62. The van der Waals surface area contributed by atoms with E-state index in [1.807, 2.05) is 0 Å². The quantitative estimate of drug-likeness (QED) is 0.623. The number of rotatable bonds is 1. The van der Waals surface area contributed by atoms with Crippen molar-refractivity contribution in [1.29, 1.82) is 0 Å². The van der Waals surface area contributed by atoms with E-state index in [-0.39, 0.29) is 12.0 Å². The van der Waals surface area contributed by atoms with Crippen molar-refractivity contribution in [2.45, 2.75) is 24.7 Å². The second-order valence-corrected chi connectivity index (χ2v) is 4.96. The first-order chi connectivity index (χ1) is 9.43. The van der Waals surface area contributed by atoms with Crippen LogP contribution < -0.4 is 0 Å². The average molecular weight is 280 g/mol. The van der Waals surface area contributed by atoms with Crippen LogP contribution in [0.2, 0.25) is 0 Å². The molecule has 1 aliphatic carbocycles. The molecule has 0 aliphatic heterocycles. The minimum absolute atomic E-state index is 0.0405. The summed E-state index contributed by atoms with van der Waals surface area (Å²) in [4.78, 5) is 0. The van der Waals surface area contributed by atoms with Gasteiger partial charge in [0.1, 0.15) is 0 Å². The van der Waals surface area contributed by atoms with Crippen LogP contribution in [0.4, 0.5) is 17.6 Å². The molecule has 0 bridgehead atoms. The summed E-state index contributed by atoms with van der Waals surface area (Å²) in [6, 6.07) is 11.8. The third-order valence-corrected chi connectivity index (χ3v) is 3.68. The van der Waals surface area contributed by atoms with E-state index in [0.717, 1.165) is 5.39 Å². The van der Waals surface area contributed by atoms with Crippen molar-refractivity contribution in [3.8, 4) is 0 Å². The molecule has 20 heavy (non-hydrogen) atoms. The van der Waals surface area contributed by atoms with Crippen LogP contribution in [0, 0.1) is 0 Å². The third kappa shape index (κ3) is 1.82. The smallest absolute Gasteiger partial charge is 0.199 e. The molecule has 0 spiro atoms. The van der Waals surface area contributed by atoms with E-state index in [2.05, 4.69) is 0 Å². The number of allylic oxidation sites excluding steroid dienone is 2. The molecule has 4 heteroatoms. The second-order valence-electron chi connectivity index (χ2n) is 4.96.